The quantitative estimate of drug-likeness (QED) is 0.918. The summed E-state index contributed by atoms with van der Waals surface area (Å²) in [5, 5.41) is 0.946. The van der Waals surface area contributed by atoms with E-state index in [2.05, 4.69) is 4.98 Å². The van der Waals surface area contributed by atoms with Gasteiger partial charge in [0.25, 0.3) is 0 Å². The minimum atomic E-state index is 0.491. The molecule has 4 heteroatoms. The largest absolute Gasteiger partial charge is 0.496 e. The molecule has 1 aromatic heterocycles. The van der Waals surface area contributed by atoms with Crippen LogP contribution < -0.4 is 10.5 Å². The van der Waals surface area contributed by atoms with Gasteiger partial charge in [0.05, 0.1) is 12.0 Å². The van der Waals surface area contributed by atoms with Crippen molar-refractivity contribution in [2.45, 2.75) is 23.4 Å². The first-order chi connectivity index (χ1) is 8.74. The first-order valence-corrected chi connectivity index (χ1v) is 6.53. The Balaban J connectivity index is 2.36. The highest BCUT2D eigenvalue weighted by Crippen LogP contribution is 2.35. The molecule has 0 saturated heterocycles. The van der Waals surface area contributed by atoms with E-state index in [0.717, 1.165) is 26.9 Å². The maximum atomic E-state index is 5.74. The van der Waals surface area contributed by atoms with Crippen molar-refractivity contribution in [2.24, 2.45) is 5.73 Å². The highest BCUT2D eigenvalue weighted by atomic mass is 32.2. The number of rotatable bonds is 4. The second kappa shape index (κ2) is 5.89. The van der Waals surface area contributed by atoms with Crippen molar-refractivity contribution >= 4 is 11.8 Å². The van der Waals surface area contributed by atoms with Crippen molar-refractivity contribution in [3.63, 3.8) is 0 Å². The number of hydrogen-bond donors (Lipinski definition) is 1. The Kier molecular flexibility index (Phi) is 4.23. The lowest BCUT2D eigenvalue weighted by molar-refractivity contribution is 0.405. The zero-order chi connectivity index (χ0) is 13.0. The van der Waals surface area contributed by atoms with Gasteiger partial charge in [-0.15, -0.1) is 0 Å². The molecule has 0 aliphatic carbocycles. The van der Waals surface area contributed by atoms with Crippen molar-refractivity contribution in [2.75, 3.05) is 7.11 Å². The van der Waals surface area contributed by atoms with Gasteiger partial charge in [0.2, 0.25) is 0 Å². The van der Waals surface area contributed by atoms with Crippen molar-refractivity contribution in [3.8, 4) is 5.75 Å². The minimum absolute atomic E-state index is 0.491. The zero-order valence-corrected chi connectivity index (χ0v) is 11.3. The Labute approximate surface area is 111 Å². The van der Waals surface area contributed by atoms with Gasteiger partial charge in [0.1, 0.15) is 10.8 Å². The molecule has 18 heavy (non-hydrogen) atoms. The zero-order valence-electron chi connectivity index (χ0n) is 10.5. The Morgan fingerprint density at radius 2 is 2.00 bits per heavy atom. The van der Waals surface area contributed by atoms with Crippen molar-refractivity contribution in [1.29, 1.82) is 0 Å². The molecular weight excluding hydrogens is 244 g/mol. The molecule has 94 valence electrons. The van der Waals surface area contributed by atoms with E-state index in [1.54, 1.807) is 18.9 Å². The average molecular weight is 260 g/mol. The molecule has 3 nitrogen and oxygen atoms in total. The molecule has 0 unspecified atom stereocenters. The Morgan fingerprint density at radius 3 is 2.72 bits per heavy atom. The fourth-order valence-corrected chi connectivity index (χ4v) is 2.69. The Hall–Kier alpha value is -1.52. The van der Waals surface area contributed by atoms with E-state index < -0.39 is 0 Å². The number of aromatic nitrogens is 1. The van der Waals surface area contributed by atoms with Crippen LogP contribution in [0.2, 0.25) is 0 Å². The van der Waals surface area contributed by atoms with Crippen LogP contribution >= 0.6 is 11.8 Å². The summed E-state index contributed by atoms with van der Waals surface area (Å²) in [6.45, 7) is 2.47. The number of aryl methyl sites for hydroxylation is 1. The number of methoxy groups -OCH3 is 1. The Morgan fingerprint density at radius 1 is 1.22 bits per heavy atom. The predicted molar refractivity (Wildman–Crippen MR) is 74.0 cm³/mol. The van der Waals surface area contributed by atoms with Crippen LogP contribution in [0.3, 0.4) is 0 Å². The van der Waals surface area contributed by atoms with E-state index in [1.807, 2.05) is 43.3 Å². The lowest BCUT2D eigenvalue weighted by Crippen LogP contribution is -2.01. The van der Waals surface area contributed by atoms with Crippen LogP contribution in [0.25, 0.3) is 0 Å². The highest BCUT2D eigenvalue weighted by Gasteiger charge is 2.09. The number of nitrogens with two attached hydrogens (primary N) is 1. The van der Waals surface area contributed by atoms with Gasteiger partial charge in [-0.25, -0.2) is 4.98 Å². The average Bonchev–Trinajstić information content (AvgIpc) is 2.40. The molecule has 0 aliphatic rings. The highest BCUT2D eigenvalue weighted by molar-refractivity contribution is 7.99. The molecule has 2 aromatic rings. The van der Waals surface area contributed by atoms with Crippen molar-refractivity contribution in [1.82, 2.24) is 4.98 Å². The second-order valence-corrected chi connectivity index (χ2v) is 4.90. The summed E-state index contributed by atoms with van der Waals surface area (Å²) in [4.78, 5) is 5.59. The van der Waals surface area contributed by atoms with Crippen LogP contribution in [0.5, 0.6) is 5.75 Å². The third-order valence-electron chi connectivity index (χ3n) is 2.57. The maximum Gasteiger partial charge on any atom is 0.132 e. The van der Waals surface area contributed by atoms with E-state index in [-0.39, 0.29) is 0 Å². The predicted octanol–water partition coefficient (Wildman–Crippen LogP) is 3.01. The molecule has 0 spiro atoms. The molecule has 1 heterocycles. The van der Waals surface area contributed by atoms with Gasteiger partial charge in [0.15, 0.2) is 0 Å². The fourth-order valence-electron chi connectivity index (χ4n) is 1.61. The summed E-state index contributed by atoms with van der Waals surface area (Å²) < 4.78 is 5.34. The molecule has 0 amide bonds. The summed E-state index contributed by atoms with van der Waals surface area (Å²) in [6.07, 6.45) is 0. The summed E-state index contributed by atoms with van der Waals surface area (Å²) in [5.74, 6) is 0.855. The Bertz CT molecular complexity index is 543. The molecule has 0 saturated carbocycles. The third kappa shape index (κ3) is 2.83. The summed E-state index contributed by atoms with van der Waals surface area (Å²) in [6, 6.07) is 11.9. The number of ether oxygens (including phenoxy) is 1. The first kappa shape index (κ1) is 12.9. The number of pyridine rings is 1. The monoisotopic (exact) mass is 260 g/mol. The summed E-state index contributed by atoms with van der Waals surface area (Å²) in [7, 11) is 1.67. The number of benzene rings is 1. The van der Waals surface area contributed by atoms with Crippen LogP contribution in [0.4, 0.5) is 0 Å². The van der Waals surface area contributed by atoms with Gasteiger partial charge >= 0.3 is 0 Å². The topological polar surface area (TPSA) is 48.1 Å². The van der Waals surface area contributed by atoms with Crippen molar-refractivity contribution in [3.05, 3.63) is 47.7 Å². The lowest BCUT2D eigenvalue weighted by atomic mass is 10.2. The number of nitrogens with zero attached hydrogens (tertiary/aromatic N) is 1. The molecular formula is C14H16N2OS. The minimum Gasteiger partial charge on any atom is -0.496 e. The first-order valence-electron chi connectivity index (χ1n) is 5.72. The lowest BCUT2D eigenvalue weighted by Gasteiger charge is -2.10. The molecule has 0 fully saturated rings. The fraction of sp³-hybridized carbons (Fsp3) is 0.214. The van der Waals surface area contributed by atoms with Crippen LogP contribution in [0.15, 0.2) is 46.3 Å². The molecule has 0 radical (unpaired) electrons. The van der Waals surface area contributed by atoms with E-state index in [9.17, 15) is 0 Å². The smallest absolute Gasteiger partial charge is 0.132 e. The summed E-state index contributed by atoms with van der Waals surface area (Å²) >= 11 is 1.59. The van der Waals surface area contributed by atoms with Crippen LogP contribution in [-0.2, 0) is 6.54 Å². The van der Waals surface area contributed by atoms with E-state index in [1.165, 1.54) is 0 Å². The third-order valence-corrected chi connectivity index (χ3v) is 3.68. The molecule has 0 atom stereocenters. The molecule has 1 aromatic carbocycles. The molecule has 2 N–H and O–H groups in total. The SMILES string of the molecule is COc1ccccc1Sc1nc(C)ccc1CN. The number of hydrogen-bond acceptors (Lipinski definition) is 4. The van der Waals surface area contributed by atoms with Crippen LogP contribution in [-0.4, -0.2) is 12.1 Å². The standard InChI is InChI=1S/C14H16N2OS/c1-10-7-8-11(9-15)14(16-10)18-13-6-4-3-5-12(13)17-2/h3-8H,9,15H2,1-2H3. The van der Waals surface area contributed by atoms with Gasteiger partial charge < -0.3 is 10.5 Å². The van der Waals surface area contributed by atoms with Crippen LogP contribution in [0, 0.1) is 6.92 Å². The van der Waals surface area contributed by atoms with E-state index >= 15 is 0 Å². The van der Waals surface area contributed by atoms with Gasteiger partial charge in [-0.05, 0) is 30.7 Å². The van der Waals surface area contributed by atoms with Crippen LogP contribution in [0.1, 0.15) is 11.3 Å². The molecule has 2 rings (SSSR count). The normalized spacial score (nSPS) is 10.4. The number of para-hydroxylation sites is 1. The van der Waals surface area contributed by atoms with Gasteiger partial charge in [0, 0.05) is 12.2 Å². The molecule has 0 aliphatic heterocycles. The van der Waals surface area contributed by atoms with E-state index in [0.29, 0.717) is 6.54 Å². The van der Waals surface area contributed by atoms with Crippen molar-refractivity contribution < 1.29 is 4.74 Å². The molecule has 0 bridgehead atoms. The maximum absolute atomic E-state index is 5.74. The van der Waals surface area contributed by atoms with E-state index in [4.69, 9.17) is 10.5 Å². The summed E-state index contributed by atoms with van der Waals surface area (Å²) in [5.41, 5.74) is 7.78. The van der Waals surface area contributed by atoms with Gasteiger partial charge in [-0.2, -0.15) is 0 Å². The second-order valence-electron chi connectivity index (χ2n) is 3.87. The van der Waals surface area contributed by atoms with Gasteiger partial charge in [-0.3, -0.25) is 0 Å². The van der Waals surface area contributed by atoms with Gasteiger partial charge in [-0.1, -0.05) is 30.0 Å².